The van der Waals surface area contributed by atoms with Gasteiger partial charge in [0.05, 0.1) is 22.4 Å². The minimum Gasteiger partial charge on any atom is -0.494 e. The smallest absolute Gasteiger partial charge is 0.416 e. The Kier molecular flexibility index (Phi) is 8.15. The van der Waals surface area contributed by atoms with E-state index in [0.717, 1.165) is 12.1 Å². The SMILES string of the molecule is COc1ccc(Cl)c2sc(N(CCN(C)C)C(=O)c3ccc(C(F)(F)F)cc3)nc12.Cl. The van der Waals surface area contributed by atoms with Crippen molar-refractivity contribution >= 4 is 56.6 Å². The van der Waals surface area contributed by atoms with E-state index in [1.807, 2.05) is 19.0 Å². The molecule has 0 N–H and O–H groups in total. The Morgan fingerprint density at radius 3 is 2.32 bits per heavy atom. The zero-order valence-electron chi connectivity index (χ0n) is 16.9. The molecule has 5 nitrogen and oxygen atoms in total. The molecule has 1 amide bonds. The third-order valence-corrected chi connectivity index (χ3v) is 5.91. The highest BCUT2D eigenvalue weighted by Gasteiger charge is 2.31. The Morgan fingerprint density at radius 1 is 1.13 bits per heavy atom. The summed E-state index contributed by atoms with van der Waals surface area (Å²) in [6.45, 7) is 0.833. The van der Waals surface area contributed by atoms with E-state index in [1.54, 1.807) is 12.1 Å². The summed E-state index contributed by atoms with van der Waals surface area (Å²) < 4.78 is 44.5. The zero-order chi connectivity index (χ0) is 22.1. The van der Waals surface area contributed by atoms with E-state index < -0.39 is 17.6 Å². The Labute approximate surface area is 192 Å². The first-order chi connectivity index (χ1) is 14.1. The van der Waals surface area contributed by atoms with Gasteiger partial charge in [0, 0.05) is 18.7 Å². The van der Waals surface area contributed by atoms with Gasteiger partial charge < -0.3 is 9.64 Å². The molecule has 0 radical (unpaired) electrons. The van der Waals surface area contributed by atoms with Crippen molar-refractivity contribution in [1.29, 1.82) is 0 Å². The molecule has 3 rings (SSSR count). The van der Waals surface area contributed by atoms with Crippen LogP contribution in [0.15, 0.2) is 36.4 Å². The number of methoxy groups -OCH3 is 1. The molecule has 1 aromatic heterocycles. The predicted molar refractivity (Wildman–Crippen MR) is 120 cm³/mol. The molecule has 0 aliphatic rings. The fourth-order valence-electron chi connectivity index (χ4n) is 2.76. The molecule has 0 aliphatic carbocycles. The number of thiazole rings is 1. The number of halogens is 5. The van der Waals surface area contributed by atoms with Crippen molar-refractivity contribution in [3.8, 4) is 5.75 Å². The summed E-state index contributed by atoms with van der Waals surface area (Å²) in [6.07, 6.45) is -4.47. The van der Waals surface area contributed by atoms with Gasteiger partial charge in [-0.05, 0) is 50.5 Å². The van der Waals surface area contributed by atoms with Crippen molar-refractivity contribution in [3.63, 3.8) is 0 Å². The second-order valence-electron chi connectivity index (χ2n) is 6.76. The lowest BCUT2D eigenvalue weighted by Gasteiger charge is -2.22. The van der Waals surface area contributed by atoms with Crippen molar-refractivity contribution in [2.45, 2.75) is 6.18 Å². The van der Waals surface area contributed by atoms with Gasteiger partial charge in [-0.15, -0.1) is 12.4 Å². The van der Waals surface area contributed by atoms with Gasteiger partial charge in [-0.3, -0.25) is 9.69 Å². The number of ether oxygens (including phenoxy) is 1. The molecule has 3 aromatic rings. The standard InChI is InChI=1S/C20H19ClF3N3O2S.ClH/c1-26(2)10-11-27(18(28)12-4-6-13(7-5-12)20(22,23)24)19-25-16-15(29-3)9-8-14(21)17(16)30-19;/h4-9H,10-11H2,1-3H3;1H. The van der Waals surface area contributed by atoms with Crippen LogP contribution in [0.5, 0.6) is 5.75 Å². The molecule has 2 aromatic carbocycles. The number of carbonyl (C=O) groups is 1. The fraction of sp³-hybridized carbons (Fsp3) is 0.300. The lowest BCUT2D eigenvalue weighted by atomic mass is 10.1. The number of nitrogens with zero attached hydrogens (tertiary/aromatic N) is 3. The first kappa shape index (κ1) is 25.2. The monoisotopic (exact) mass is 493 g/mol. The summed E-state index contributed by atoms with van der Waals surface area (Å²) in [5.41, 5.74) is -0.144. The number of fused-ring (bicyclic) bond motifs is 1. The molecule has 0 bridgehead atoms. The molecule has 1 heterocycles. The average molecular weight is 494 g/mol. The van der Waals surface area contributed by atoms with E-state index in [4.69, 9.17) is 16.3 Å². The highest BCUT2D eigenvalue weighted by molar-refractivity contribution is 7.23. The number of hydrogen-bond donors (Lipinski definition) is 0. The molecule has 0 saturated carbocycles. The fourth-order valence-corrected chi connectivity index (χ4v) is 4.04. The van der Waals surface area contributed by atoms with Crippen LogP contribution in [-0.2, 0) is 6.18 Å². The number of hydrogen-bond acceptors (Lipinski definition) is 5. The second kappa shape index (κ2) is 10.0. The maximum absolute atomic E-state index is 13.2. The van der Waals surface area contributed by atoms with Crippen LogP contribution >= 0.6 is 35.3 Å². The summed E-state index contributed by atoms with van der Waals surface area (Å²) in [5, 5.41) is 0.868. The molecule has 0 aliphatic heterocycles. The average Bonchev–Trinajstić information content (AvgIpc) is 3.13. The van der Waals surface area contributed by atoms with E-state index >= 15 is 0 Å². The normalized spacial score (nSPS) is 11.5. The lowest BCUT2D eigenvalue weighted by Crippen LogP contribution is -2.36. The Morgan fingerprint density at radius 2 is 1.77 bits per heavy atom. The van der Waals surface area contributed by atoms with E-state index in [9.17, 15) is 18.0 Å². The first-order valence-corrected chi connectivity index (χ1v) is 10.1. The molecule has 0 saturated heterocycles. The number of alkyl halides is 3. The summed E-state index contributed by atoms with van der Waals surface area (Å²) in [5.74, 6) is 0.0751. The van der Waals surface area contributed by atoms with Crippen LogP contribution in [-0.4, -0.2) is 50.1 Å². The number of rotatable bonds is 6. The lowest BCUT2D eigenvalue weighted by molar-refractivity contribution is -0.137. The number of amides is 1. The van der Waals surface area contributed by atoms with Gasteiger partial charge in [-0.1, -0.05) is 22.9 Å². The van der Waals surface area contributed by atoms with Crippen molar-refractivity contribution in [2.75, 3.05) is 39.2 Å². The van der Waals surface area contributed by atoms with Crippen LogP contribution in [0.3, 0.4) is 0 Å². The number of anilines is 1. The van der Waals surface area contributed by atoms with Crippen molar-refractivity contribution in [2.24, 2.45) is 0 Å². The second-order valence-corrected chi connectivity index (χ2v) is 8.14. The van der Waals surface area contributed by atoms with E-state index in [2.05, 4.69) is 4.98 Å². The minimum atomic E-state index is -4.47. The van der Waals surface area contributed by atoms with Gasteiger partial charge in [-0.2, -0.15) is 13.2 Å². The topological polar surface area (TPSA) is 45.7 Å². The van der Waals surface area contributed by atoms with Crippen LogP contribution < -0.4 is 9.64 Å². The maximum atomic E-state index is 13.2. The Hall–Kier alpha value is -2.07. The van der Waals surface area contributed by atoms with Crippen LogP contribution in [0.1, 0.15) is 15.9 Å². The zero-order valence-corrected chi connectivity index (χ0v) is 19.3. The van der Waals surface area contributed by atoms with Crippen molar-refractivity contribution in [1.82, 2.24) is 9.88 Å². The third-order valence-electron chi connectivity index (χ3n) is 4.37. The number of benzene rings is 2. The van der Waals surface area contributed by atoms with Gasteiger partial charge in [0.1, 0.15) is 11.3 Å². The molecule has 0 fully saturated rings. The highest BCUT2D eigenvalue weighted by Crippen LogP contribution is 2.39. The Balaban J connectivity index is 0.00000341. The van der Waals surface area contributed by atoms with Crippen LogP contribution in [0.25, 0.3) is 10.2 Å². The van der Waals surface area contributed by atoms with Crippen molar-refractivity contribution < 1.29 is 22.7 Å². The van der Waals surface area contributed by atoms with Gasteiger partial charge in [-0.25, -0.2) is 4.98 Å². The molecule has 0 atom stereocenters. The van der Waals surface area contributed by atoms with E-state index in [-0.39, 0.29) is 18.0 Å². The first-order valence-electron chi connectivity index (χ1n) is 8.88. The summed E-state index contributed by atoms with van der Waals surface area (Å²) >= 11 is 7.51. The Bertz CT molecular complexity index is 1060. The highest BCUT2D eigenvalue weighted by atomic mass is 35.5. The molecule has 168 valence electrons. The van der Waals surface area contributed by atoms with Gasteiger partial charge >= 0.3 is 6.18 Å². The van der Waals surface area contributed by atoms with Crippen LogP contribution in [0.2, 0.25) is 5.02 Å². The number of aromatic nitrogens is 1. The predicted octanol–water partition coefficient (Wildman–Crippen LogP) is 5.61. The molecule has 11 heteroatoms. The summed E-state index contributed by atoms with van der Waals surface area (Å²) in [7, 11) is 5.23. The number of carbonyl (C=O) groups excluding carboxylic acids is 1. The van der Waals surface area contributed by atoms with Crippen LogP contribution in [0.4, 0.5) is 18.3 Å². The molecular weight excluding hydrogens is 474 g/mol. The third kappa shape index (κ3) is 5.60. The van der Waals surface area contributed by atoms with E-state index in [0.29, 0.717) is 39.2 Å². The molecule has 0 unspecified atom stereocenters. The van der Waals surface area contributed by atoms with Gasteiger partial charge in [0.2, 0.25) is 0 Å². The van der Waals surface area contributed by atoms with Gasteiger partial charge in [0.15, 0.2) is 5.13 Å². The van der Waals surface area contributed by atoms with E-state index in [1.165, 1.54) is 35.5 Å². The van der Waals surface area contributed by atoms with Gasteiger partial charge in [0.25, 0.3) is 5.91 Å². The summed E-state index contributed by atoms with van der Waals surface area (Å²) in [4.78, 5) is 21.0. The molecular formula is C20H20Cl2F3N3O2S. The summed E-state index contributed by atoms with van der Waals surface area (Å²) in [6, 6.07) is 7.52. The minimum absolute atomic E-state index is 0. The molecule has 31 heavy (non-hydrogen) atoms. The van der Waals surface area contributed by atoms with Crippen molar-refractivity contribution in [3.05, 3.63) is 52.5 Å². The largest absolute Gasteiger partial charge is 0.494 e. The quantitative estimate of drug-likeness (QED) is 0.447. The maximum Gasteiger partial charge on any atom is 0.416 e. The number of likely N-dealkylation sites (N-methyl/N-ethyl adjacent to an activating group) is 1. The molecule has 0 spiro atoms. The van der Waals surface area contributed by atoms with Crippen LogP contribution in [0, 0.1) is 0 Å².